The van der Waals surface area contributed by atoms with Gasteiger partial charge in [0.2, 0.25) is 0 Å². The molecule has 3 fully saturated rings. The topological polar surface area (TPSA) is 99.7 Å². The first-order chi connectivity index (χ1) is 15.4. The summed E-state index contributed by atoms with van der Waals surface area (Å²) in [4.78, 5) is 58.4. The number of carbonyl (C=O) groups excluding carboxylic acids is 4. The molecule has 4 amide bonds. The van der Waals surface area contributed by atoms with Crippen LogP contribution in [0.4, 0.5) is 4.79 Å². The Labute approximate surface area is 190 Å². The lowest BCUT2D eigenvalue weighted by atomic mass is 10.1. The molecule has 0 unspecified atom stereocenters. The molecule has 1 aromatic rings. The molecule has 3 saturated heterocycles. The molecule has 3 heterocycles. The number of morpholine rings is 1. The minimum Gasteiger partial charge on any atom is -0.378 e. The fourth-order valence-electron chi connectivity index (χ4n) is 3.88. The highest BCUT2D eigenvalue weighted by atomic mass is 35.5. The summed E-state index contributed by atoms with van der Waals surface area (Å²) in [7, 11) is 0. The maximum Gasteiger partial charge on any atom is 0.434 e. The third-order valence-electron chi connectivity index (χ3n) is 5.80. The number of piperazine rings is 1. The summed E-state index contributed by atoms with van der Waals surface area (Å²) < 4.78 is 5.29. The Hall–Kier alpha value is -2.69. The molecular weight excluding hydrogens is 440 g/mol. The monoisotopic (exact) mass is 464 g/mol. The number of hydroxylamine groups is 2. The van der Waals surface area contributed by atoms with Crippen LogP contribution in [-0.4, -0.2) is 96.1 Å². The highest BCUT2D eigenvalue weighted by Gasteiger charge is 2.35. The number of rotatable bonds is 4. The van der Waals surface area contributed by atoms with Gasteiger partial charge in [0.1, 0.15) is 0 Å². The number of ether oxygens (including phenoxy) is 1. The summed E-state index contributed by atoms with van der Waals surface area (Å²) in [5.41, 5.74) is 1.45. The molecule has 0 saturated carbocycles. The molecular formula is C21H25ClN4O6. The predicted octanol–water partition coefficient (Wildman–Crippen LogP) is 1.13. The van der Waals surface area contributed by atoms with Crippen LogP contribution in [0, 0.1) is 0 Å². The van der Waals surface area contributed by atoms with Gasteiger partial charge in [-0.15, -0.1) is 5.06 Å². The number of amides is 4. The average Bonchev–Trinajstić information content (AvgIpc) is 3.13. The summed E-state index contributed by atoms with van der Waals surface area (Å²) in [6.45, 7) is 4.79. The van der Waals surface area contributed by atoms with E-state index in [2.05, 4.69) is 4.90 Å². The molecule has 172 valence electrons. The van der Waals surface area contributed by atoms with Crippen LogP contribution in [0.25, 0.3) is 0 Å². The largest absolute Gasteiger partial charge is 0.434 e. The second kappa shape index (κ2) is 9.85. The van der Waals surface area contributed by atoms with E-state index >= 15 is 0 Å². The molecule has 0 atom stereocenters. The van der Waals surface area contributed by atoms with Crippen LogP contribution >= 0.6 is 11.6 Å². The third-order valence-corrected chi connectivity index (χ3v) is 6.15. The van der Waals surface area contributed by atoms with Crippen molar-refractivity contribution in [2.45, 2.75) is 19.4 Å². The van der Waals surface area contributed by atoms with E-state index in [0.717, 1.165) is 5.56 Å². The standard InChI is InChI=1S/C21H25ClN4O6/c22-17-13-15(20(29)24-9-11-31-12-10-24)1-2-16(17)14-23-5-7-25(8-6-23)21(30)32-26-18(27)3-4-19(26)28/h1-2,13H,3-12,14H2. The van der Waals surface area contributed by atoms with Crippen molar-refractivity contribution in [2.24, 2.45) is 0 Å². The Bertz CT molecular complexity index is 896. The SMILES string of the molecule is O=C(ON1C(=O)CCC1=O)N1CCN(Cc2ccc(C(=O)N3CCOCC3)cc2Cl)CC1. The van der Waals surface area contributed by atoms with Crippen LogP contribution in [0.5, 0.6) is 0 Å². The lowest BCUT2D eigenvalue weighted by molar-refractivity contribution is -0.174. The van der Waals surface area contributed by atoms with E-state index in [1.54, 1.807) is 17.0 Å². The van der Waals surface area contributed by atoms with Crippen LogP contribution in [0.1, 0.15) is 28.8 Å². The van der Waals surface area contributed by atoms with Crippen molar-refractivity contribution in [3.05, 3.63) is 34.3 Å². The van der Waals surface area contributed by atoms with Crippen molar-refractivity contribution in [1.82, 2.24) is 19.8 Å². The first-order valence-corrected chi connectivity index (χ1v) is 11.0. The van der Waals surface area contributed by atoms with Crippen molar-refractivity contribution in [3.63, 3.8) is 0 Å². The lowest BCUT2D eigenvalue weighted by Gasteiger charge is -2.34. The van der Waals surface area contributed by atoms with Crippen LogP contribution < -0.4 is 0 Å². The number of nitrogens with zero attached hydrogens (tertiary/aromatic N) is 4. The van der Waals surface area contributed by atoms with Crippen LogP contribution in [0.15, 0.2) is 18.2 Å². The van der Waals surface area contributed by atoms with Crippen molar-refractivity contribution in [2.75, 3.05) is 52.5 Å². The van der Waals surface area contributed by atoms with E-state index in [-0.39, 0.29) is 18.7 Å². The average molecular weight is 465 g/mol. The van der Waals surface area contributed by atoms with Crippen molar-refractivity contribution in [1.29, 1.82) is 0 Å². The number of hydrogen-bond donors (Lipinski definition) is 0. The van der Waals surface area contributed by atoms with Gasteiger partial charge in [-0.05, 0) is 17.7 Å². The fraction of sp³-hybridized carbons (Fsp3) is 0.524. The molecule has 10 nitrogen and oxygen atoms in total. The maximum absolute atomic E-state index is 12.6. The molecule has 0 bridgehead atoms. The number of benzene rings is 1. The predicted molar refractivity (Wildman–Crippen MR) is 113 cm³/mol. The Morgan fingerprint density at radius 2 is 1.59 bits per heavy atom. The van der Waals surface area contributed by atoms with Crippen molar-refractivity contribution in [3.8, 4) is 0 Å². The van der Waals surface area contributed by atoms with E-state index in [1.165, 1.54) is 4.90 Å². The number of imide groups is 1. The highest BCUT2D eigenvalue weighted by Crippen LogP contribution is 2.22. The molecule has 32 heavy (non-hydrogen) atoms. The summed E-state index contributed by atoms with van der Waals surface area (Å²) >= 11 is 6.46. The molecule has 3 aliphatic rings. The van der Waals surface area contributed by atoms with E-state index in [9.17, 15) is 19.2 Å². The first kappa shape index (κ1) is 22.5. The lowest BCUT2D eigenvalue weighted by Crippen LogP contribution is -2.50. The number of halogens is 1. The molecule has 0 aliphatic carbocycles. The molecule has 0 spiro atoms. The Morgan fingerprint density at radius 1 is 0.938 bits per heavy atom. The third kappa shape index (κ3) is 5.03. The Kier molecular flexibility index (Phi) is 6.92. The van der Waals surface area contributed by atoms with E-state index in [4.69, 9.17) is 21.2 Å². The maximum atomic E-state index is 12.6. The van der Waals surface area contributed by atoms with Gasteiger partial charge in [-0.3, -0.25) is 19.3 Å². The second-order valence-electron chi connectivity index (χ2n) is 7.91. The minimum absolute atomic E-state index is 0.0520. The van der Waals surface area contributed by atoms with Crippen LogP contribution in [0.3, 0.4) is 0 Å². The molecule has 0 aromatic heterocycles. The van der Waals surface area contributed by atoms with E-state index in [1.807, 2.05) is 6.07 Å². The number of carbonyl (C=O) groups is 4. The zero-order chi connectivity index (χ0) is 22.7. The quantitative estimate of drug-likeness (QED) is 0.616. The van der Waals surface area contributed by atoms with Gasteiger partial charge in [-0.1, -0.05) is 17.7 Å². The summed E-state index contributed by atoms with van der Waals surface area (Å²) in [6, 6.07) is 5.35. The smallest absolute Gasteiger partial charge is 0.378 e. The summed E-state index contributed by atoms with van der Waals surface area (Å²) in [5.74, 6) is -1.04. The molecule has 1 aromatic carbocycles. The van der Waals surface area contributed by atoms with Crippen molar-refractivity contribution >= 4 is 35.4 Å². The van der Waals surface area contributed by atoms with Gasteiger partial charge in [0.25, 0.3) is 17.7 Å². The minimum atomic E-state index is -0.697. The van der Waals surface area contributed by atoms with Gasteiger partial charge in [0.05, 0.1) is 13.2 Å². The van der Waals surface area contributed by atoms with Crippen molar-refractivity contribution < 1.29 is 28.8 Å². The zero-order valence-corrected chi connectivity index (χ0v) is 18.4. The highest BCUT2D eigenvalue weighted by molar-refractivity contribution is 6.31. The van der Waals surface area contributed by atoms with E-state index in [0.29, 0.717) is 74.7 Å². The van der Waals surface area contributed by atoms with Gasteiger partial charge in [0.15, 0.2) is 0 Å². The molecule has 3 aliphatic heterocycles. The van der Waals surface area contributed by atoms with E-state index < -0.39 is 17.9 Å². The Balaban J connectivity index is 1.28. The second-order valence-corrected chi connectivity index (χ2v) is 8.32. The van der Waals surface area contributed by atoms with Gasteiger partial charge in [-0.25, -0.2) is 4.79 Å². The van der Waals surface area contributed by atoms with Gasteiger partial charge in [0, 0.05) is 69.2 Å². The zero-order valence-electron chi connectivity index (χ0n) is 17.6. The van der Waals surface area contributed by atoms with Gasteiger partial charge in [-0.2, -0.15) is 0 Å². The van der Waals surface area contributed by atoms with Gasteiger partial charge < -0.3 is 19.4 Å². The molecule has 0 radical (unpaired) electrons. The first-order valence-electron chi connectivity index (χ1n) is 10.6. The molecule has 0 N–H and O–H groups in total. The number of hydrogen-bond acceptors (Lipinski definition) is 7. The van der Waals surface area contributed by atoms with Gasteiger partial charge >= 0.3 is 6.09 Å². The normalized spacial score (nSPS) is 20.1. The summed E-state index contributed by atoms with van der Waals surface area (Å²) in [6.07, 6.45) is -0.563. The fourth-order valence-corrected chi connectivity index (χ4v) is 4.12. The summed E-state index contributed by atoms with van der Waals surface area (Å²) in [5, 5.41) is 1.09. The molecule has 4 rings (SSSR count). The molecule has 11 heteroatoms. The van der Waals surface area contributed by atoms with Crippen LogP contribution in [0.2, 0.25) is 5.02 Å². The van der Waals surface area contributed by atoms with Crippen LogP contribution in [-0.2, 0) is 25.7 Å². The Morgan fingerprint density at radius 3 is 2.22 bits per heavy atom.